The van der Waals surface area contributed by atoms with E-state index in [1.165, 1.54) is 0 Å². The van der Waals surface area contributed by atoms with E-state index in [4.69, 9.17) is 27.5 Å². The zero-order valence-electron chi connectivity index (χ0n) is 9.24. The molecule has 0 spiro atoms. The van der Waals surface area contributed by atoms with Gasteiger partial charge >= 0.3 is 0 Å². The Morgan fingerprint density at radius 1 is 1.44 bits per heavy atom. The van der Waals surface area contributed by atoms with Gasteiger partial charge in [-0.3, -0.25) is 5.41 Å². The van der Waals surface area contributed by atoms with Crippen molar-refractivity contribution in [2.75, 3.05) is 0 Å². The third-order valence-corrected chi connectivity index (χ3v) is 4.42. The van der Waals surface area contributed by atoms with Crippen LogP contribution in [0.15, 0.2) is 34.1 Å². The number of nitrogen functional groups attached to an aromatic ring is 1. The molecule has 0 saturated heterocycles. The van der Waals surface area contributed by atoms with Crippen LogP contribution in [0.1, 0.15) is 10.4 Å². The number of benzene rings is 1. The van der Waals surface area contributed by atoms with E-state index >= 15 is 0 Å². The lowest BCUT2D eigenvalue weighted by molar-refractivity contribution is 0.308. The van der Waals surface area contributed by atoms with Crippen molar-refractivity contribution < 1.29 is 4.74 Å². The van der Waals surface area contributed by atoms with Gasteiger partial charge in [0, 0.05) is 9.50 Å². The second-order valence-electron chi connectivity index (χ2n) is 3.53. The number of thiophene rings is 1. The normalized spacial score (nSPS) is 10.3. The van der Waals surface area contributed by atoms with E-state index in [1.807, 2.05) is 11.4 Å². The lowest BCUT2D eigenvalue weighted by Crippen LogP contribution is -2.13. The molecule has 1 aromatic carbocycles. The quantitative estimate of drug-likeness (QED) is 0.649. The highest BCUT2D eigenvalue weighted by molar-refractivity contribution is 9.10. The summed E-state index contributed by atoms with van der Waals surface area (Å²) in [6.07, 6.45) is 0. The minimum atomic E-state index is -0.0353. The summed E-state index contributed by atoms with van der Waals surface area (Å²) in [5.74, 6) is 0.488. The number of amidine groups is 1. The summed E-state index contributed by atoms with van der Waals surface area (Å²) in [6, 6.07) is 7.00. The summed E-state index contributed by atoms with van der Waals surface area (Å²) in [5, 5.41) is 10.0. The highest BCUT2D eigenvalue weighted by Gasteiger charge is 2.09. The fourth-order valence-electron chi connectivity index (χ4n) is 1.41. The average molecular weight is 346 g/mol. The van der Waals surface area contributed by atoms with Crippen LogP contribution in [0.3, 0.4) is 0 Å². The number of nitrogens with one attached hydrogen (secondary N) is 1. The number of nitrogens with two attached hydrogens (primary N) is 1. The summed E-state index contributed by atoms with van der Waals surface area (Å²) >= 11 is 11.0. The van der Waals surface area contributed by atoms with Gasteiger partial charge in [0.1, 0.15) is 18.2 Å². The van der Waals surface area contributed by atoms with Crippen molar-refractivity contribution in [3.63, 3.8) is 0 Å². The zero-order valence-corrected chi connectivity index (χ0v) is 12.4. The van der Waals surface area contributed by atoms with Gasteiger partial charge in [-0.2, -0.15) is 0 Å². The molecule has 0 aliphatic heterocycles. The minimum absolute atomic E-state index is 0.0353. The van der Waals surface area contributed by atoms with Crippen LogP contribution in [0.4, 0.5) is 0 Å². The molecule has 0 unspecified atom stereocenters. The van der Waals surface area contributed by atoms with Gasteiger partial charge in [-0.1, -0.05) is 11.6 Å². The van der Waals surface area contributed by atoms with Crippen molar-refractivity contribution in [1.29, 1.82) is 5.41 Å². The number of hydrogen-bond donors (Lipinski definition) is 2. The molecule has 3 nitrogen and oxygen atoms in total. The van der Waals surface area contributed by atoms with Gasteiger partial charge in [0.25, 0.3) is 0 Å². The van der Waals surface area contributed by atoms with Crippen LogP contribution in [-0.2, 0) is 6.61 Å². The molecule has 18 heavy (non-hydrogen) atoms. The van der Waals surface area contributed by atoms with Crippen LogP contribution >= 0.6 is 38.9 Å². The van der Waals surface area contributed by atoms with E-state index in [0.29, 0.717) is 22.9 Å². The van der Waals surface area contributed by atoms with E-state index in [2.05, 4.69) is 15.9 Å². The standard InChI is InChI=1S/C12H10BrClN2OS/c13-9-3-4-18-11(9)6-17-10-5-7(14)1-2-8(10)12(15)16/h1-5H,6H2,(H3,15,16). The Hall–Kier alpha value is -1.04. The zero-order chi connectivity index (χ0) is 13.1. The molecule has 0 fully saturated rings. The van der Waals surface area contributed by atoms with Crippen molar-refractivity contribution in [3.8, 4) is 5.75 Å². The Morgan fingerprint density at radius 2 is 2.22 bits per heavy atom. The van der Waals surface area contributed by atoms with Crippen LogP contribution < -0.4 is 10.5 Å². The molecule has 0 amide bonds. The molecule has 2 aromatic rings. The second-order valence-corrected chi connectivity index (χ2v) is 5.83. The second kappa shape index (κ2) is 5.73. The molecule has 1 heterocycles. The fourth-order valence-corrected chi connectivity index (χ4v) is 2.95. The maximum absolute atomic E-state index is 7.49. The third kappa shape index (κ3) is 3.04. The first kappa shape index (κ1) is 13.4. The highest BCUT2D eigenvalue weighted by atomic mass is 79.9. The van der Waals surface area contributed by atoms with Gasteiger partial charge in [-0.05, 0) is 45.6 Å². The van der Waals surface area contributed by atoms with Gasteiger partial charge in [0.15, 0.2) is 0 Å². The molecule has 0 saturated carbocycles. The van der Waals surface area contributed by atoms with Crippen LogP contribution in [-0.4, -0.2) is 5.84 Å². The van der Waals surface area contributed by atoms with E-state index in [-0.39, 0.29) is 5.84 Å². The third-order valence-electron chi connectivity index (χ3n) is 2.28. The predicted molar refractivity (Wildman–Crippen MR) is 78.8 cm³/mol. The molecule has 0 aliphatic rings. The van der Waals surface area contributed by atoms with Crippen LogP contribution in [0, 0.1) is 5.41 Å². The van der Waals surface area contributed by atoms with Crippen molar-refractivity contribution in [3.05, 3.63) is 49.6 Å². The molecule has 2 rings (SSSR count). The van der Waals surface area contributed by atoms with Crippen molar-refractivity contribution >= 4 is 44.7 Å². The van der Waals surface area contributed by atoms with E-state index in [9.17, 15) is 0 Å². The SMILES string of the molecule is N=C(N)c1ccc(Cl)cc1OCc1sccc1Br. The van der Waals surface area contributed by atoms with Crippen LogP contribution in [0.2, 0.25) is 5.02 Å². The summed E-state index contributed by atoms with van der Waals surface area (Å²) in [4.78, 5) is 1.07. The topological polar surface area (TPSA) is 59.1 Å². The van der Waals surface area contributed by atoms with Gasteiger partial charge < -0.3 is 10.5 Å². The Kier molecular flexibility index (Phi) is 4.27. The average Bonchev–Trinajstić information content (AvgIpc) is 2.72. The van der Waals surface area contributed by atoms with Crippen molar-refractivity contribution in [1.82, 2.24) is 0 Å². The molecule has 6 heteroatoms. The largest absolute Gasteiger partial charge is 0.487 e. The molecule has 94 valence electrons. The van der Waals surface area contributed by atoms with Crippen LogP contribution in [0.5, 0.6) is 5.75 Å². The Bertz CT molecular complexity index is 585. The summed E-state index contributed by atoms with van der Waals surface area (Å²) in [6.45, 7) is 0.416. The highest BCUT2D eigenvalue weighted by Crippen LogP contribution is 2.27. The molecule has 0 aliphatic carbocycles. The Morgan fingerprint density at radius 3 is 2.83 bits per heavy atom. The minimum Gasteiger partial charge on any atom is -0.487 e. The van der Waals surface area contributed by atoms with E-state index < -0.39 is 0 Å². The van der Waals surface area contributed by atoms with Crippen molar-refractivity contribution in [2.24, 2.45) is 5.73 Å². The van der Waals surface area contributed by atoms with Crippen molar-refractivity contribution in [2.45, 2.75) is 6.61 Å². The van der Waals surface area contributed by atoms with Gasteiger partial charge in [-0.15, -0.1) is 11.3 Å². The summed E-state index contributed by atoms with van der Waals surface area (Å²) in [7, 11) is 0. The van der Waals surface area contributed by atoms with E-state index in [1.54, 1.807) is 29.5 Å². The maximum Gasteiger partial charge on any atom is 0.132 e. The molecular weight excluding hydrogens is 336 g/mol. The first-order valence-corrected chi connectivity index (χ1v) is 7.11. The monoisotopic (exact) mass is 344 g/mol. The Labute approximate surface area is 122 Å². The number of halogens is 2. The number of ether oxygens (including phenoxy) is 1. The first-order chi connectivity index (χ1) is 8.58. The maximum atomic E-state index is 7.49. The number of rotatable bonds is 4. The lowest BCUT2D eigenvalue weighted by Gasteiger charge is -2.10. The molecule has 1 aromatic heterocycles. The molecular formula is C12H10BrClN2OS. The number of hydrogen-bond acceptors (Lipinski definition) is 3. The van der Waals surface area contributed by atoms with Gasteiger partial charge in [0.05, 0.1) is 10.4 Å². The van der Waals surface area contributed by atoms with Crippen LogP contribution in [0.25, 0.3) is 0 Å². The smallest absolute Gasteiger partial charge is 0.132 e. The van der Waals surface area contributed by atoms with E-state index in [0.717, 1.165) is 9.35 Å². The summed E-state index contributed by atoms with van der Waals surface area (Å²) < 4.78 is 6.69. The molecule has 3 N–H and O–H groups in total. The molecule has 0 atom stereocenters. The van der Waals surface area contributed by atoms with Gasteiger partial charge in [-0.25, -0.2) is 0 Å². The molecule has 0 radical (unpaired) electrons. The van der Waals surface area contributed by atoms with Gasteiger partial charge in [0.2, 0.25) is 0 Å². The predicted octanol–water partition coefficient (Wildman–Crippen LogP) is 4.03. The fraction of sp³-hybridized carbons (Fsp3) is 0.0833. The molecule has 0 bridgehead atoms. The lowest BCUT2D eigenvalue weighted by atomic mass is 10.2. The summed E-state index contributed by atoms with van der Waals surface area (Å²) in [5.41, 5.74) is 6.05. The Balaban J connectivity index is 2.20. The first-order valence-electron chi connectivity index (χ1n) is 5.06.